The average Bonchev–Trinajstić information content (AvgIpc) is 3.11. The van der Waals surface area contributed by atoms with Crippen LogP contribution in [0.1, 0.15) is 9.67 Å². The second kappa shape index (κ2) is 6.06. The van der Waals surface area contributed by atoms with Gasteiger partial charge in [-0.2, -0.15) is 0 Å². The predicted molar refractivity (Wildman–Crippen MR) is 85.4 cm³/mol. The van der Waals surface area contributed by atoms with Gasteiger partial charge in [-0.15, -0.1) is 11.3 Å². The van der Waals surface area contributed by atoms with Crippen LogP contribution in [-0.2, 0) is 4.79 Å². The molecule has 2 fully saturated rings. The van der Waals surface area contributed by atoms with Crippen LogP contribution >= 0.6 is 27.3 Å². The molecule has 5 nitrogen and oxygen atoms in total. The Morgan fingerprint density at radius 2 is 2.05 bits per heavy atom. The van der Waals surface area contributed by atoms with Crippen molar-refractivity contribution < 1.29 is 9.59 Å². The lowest BCUT2D eigenvalue weighted by molar-refractivity contribution is -0.130. The summed E-state index contributed by atoms with van der Waals surface area (Å²) >= 11 is 4.74. The SMILES string of the molecule is CN(CC(=O)N1C[C@H]2CNC[C@H]2C1)C(=O)c1ccc(Br)s1. The van der Waals surface area contributed by atoms with Crippen LogP contribution in [0.2, 0.25) is 0 Å². The van der Waals surface area contributed by atoms with Gasteiger partial charge in [-0.3, -0.25) is 9.59 Å². The lowest BCUT2D eigenvalue weighted by Crippen LogP contribution is -2.41. The summed E-state index contributed by atoms with van der Waals surface area (Å²) in [7, 11) is 1.69. The standard InChI is InChI=1S/C14H18BrN3O2S/c1-17(14(20)11-2-3-12(15)21-11)8-13(19)18-6-9-4-16-5-10(9)7-18/h2-3,9-10,16H,4-8H2,1H3/t9-,10+. The molecule has 1 aromatic rings. The fourth-order valence-electron chi connectivity index (χ4n) is 3.05. The van der Waals surface area contributed by atoms with E-state index in [1.165, 1.54) is 16.2 Å². The lowest BCUT2D eigenvalue weighted by Gasteiger charge is -2.22. The van der Waals surface area contributed by atoms with Crippen LogP contribution < -0.4 is 5.32 Å². The van der Waals surface area contributed by atoms with Gasteiger partial charge in [0.15, 0.2) is 0 Å². The Morgan fingerprint density at radius 3 is 2.62 bits per heavy atom. The minimum Gasteiger partial charge on any atom is -0.340 e. The van der Waals surface area contributed by atoms with E-state index in [2.05, 4.69) is 21.2 Å². The molecule has 0 saturated carbocycles. The molecule has 3 rings (SSSR count). The molecule has 1 N–H and O–H groups in total. The molecule has 0 unspecified atom stereocenters. The van der Waals surface area contributed by atoms with Gasteiger partial charge in [0.25, 0.3) is 5.91 Å². The topological polar surface area (TPSA) is 52.7 Å². The molecule has 2 aliphatic heterocycles. The number of hydrogen-bond acceptors (Lipinski definition) is 4. The van der Waals surface area contributed by atoms with E-state index >= 15 is 0 Å². The maximum absolute atomic E-state index is 12.3. The molecule has 2 atom stereocenters. The van der Waals surface area contributed by atoms with E-state index in [4.69, 9.17) is 0 Å². The highest BCUT2D eigenvalue weighted by atomic mass is 79.9. The van der Waals surface area contributed by atoms with Crippen molar-refractivity contribution in [2.45, 2.75) is 0 Å². The Kier molecular flexibility index (Phi) is 4.33. The Balaban J connectivity index is 1.56. The number of halogens is 1. The molecule has 1 aromatic heterocycles. The molecule has 2 amide bonds. The monoisotopic (exact) mass is 371 g/mol. The summed E-state index contributed by atoms with van der Waals surface area (Å²) in [6.45, 7) is 3.81. The van der Waals surface area contributed by atoms with Crippen molar-refractivity contribution >= 4 is 39.1 Å². The number of nitrogens with zero attached hydrogens (tertiary/aromatic N) is 2. The molecule has 3 heterocycles. The number of fused-ring (bicyclic) bond motifs is 1. The van der Waals surface area contributed by atoms with Gasteiger partial charge >= 0.3 is 0 Å². The van der Waals surface area contributed by atoms with Crippen LogP contribution in [0.25, 0.3) is 0 Å². The van der Waals surface area contributed by atoms with E-state index in [0.29, 0.717) is 16.7 Å². The van der Waals surface area contributed by atoms with E-state index in [1.807, 2.05) is 11.0 Å². The first-order chi connectivity index (χ1) is 10.0. The van der Waals surface area contributed by atoms with Gasteiger partial charge in [0.2, 0.25) is 5.91 Å². The summed E-state index contributed by atoms with van der Waals surface area (Å²) in [5.41, 5.74) is 0. The van der Waals surface area contributed by atoms with Gasteiger partial charge in [0.1, 0.15) is 0 Å². The van der Waals surface area contributed by atoms with E-state index in [1.54, 1.807) is 13.1 Å². The van der Waals surface area contributed by atoms with Crippen molar-refractivity contribution in [3.63, 3.8) is 0 Å². The molecular formula is C14H18BrN3O2S. The Morgan fingerprint density at radius 1 is 1.38 bits per heavy atom. The van der Waals surface area contributed by atoms with E-state index < -0.39 is 0 Å². The summed E-state index contributed by atoms with van der Waals surface area (Å²) in [6.07, 6.45) is 0. The third-order valence-electron chi connectivity index (χ3n) is 4.25. The summed E-state index contributed by atoms with van der Waals surface area (Å²) in [4.78, 5) is 28.6. The number of nitrogens with one attached hydrogen (secondary N) is 1. The number of hydrogen-bond donors (Lipinski definition) is 1. The first kappa shape index (κ1) is 15.0. The average molecular weight is 372 g/mol. The number of carbonyl (C=O) groups is 2. The lowest BCUT2D eigenvalue weighted by atomic mass is 10.0. The molecule has 2 aliphatic rings. The van der Waals surface area contributed by atoms with Gasteiger partial charge in [0.05, 0.1) is 15.2 Å². The van der Waals surface area contributed by atoms with Crippen molar-refractivity contribution in [3.8, 4) is 0 Å². The molecule has 0 spiro atoms. The fraction of sp³-hybridized carbons (Fsp3) is 0.571. The number of rotatable bonds is 3. The first-order valence-electron chi connectivity index (χ1n) is 7.04. The minimum atomic E-state index is -0.0971. The van der Waals surface area contributed by atoms with Crippen LogP contribution in [0, 0.1) is 11.8 Å². The fourth-order valence-corrected chi connectivity index (χ4v) is 4.43. The second-order valence-corrected chi connectivity index (χ2v) is 8.21. The summed E-state index contributed by atoms with van der Waals surface area (Å²) in [5, 5.41) is 3.36. The number of carbonyl (C=O) groups excluding carboxylic acids is 2. The van der Waals surface area contributed by atoms with Crippen LogP contribution in [0.5, 0.6) is 0 Å². The molecule has 0 radical (unpaired) electrons. The number of likely N-dealkylation sites (tertiary alicyclic amines) is 1. The molecule has 2 saturated heterocycles. The maximum atomic E-state index is 12.3. The number of likely N-dealkylation sites (N-methyl/N-ethyl adjacent to an activating group) is 1. The van der Waals surface area contributed by atoms with Gasteiger partial charge in [-0.25, -0.2) is 0 Å². The van der Waals surface area contributed by atoms with Crippen LogP contribution in [0.4, 0.5) is 0 Å². The molecule has 114 valence electrons. The summed E-state index contributed by atoms with van der Waals surface area (Å²) in [5.74, 6) is 1.13. The van der Waals surface area contributed by atoms with E-state index in [9.17, 15) is 9.59 Å². The molecule has 0 aliphatic carbocycles. The zero-order valence-corrected chi connectivity index (χ0v) is 14.2. The Labute approximate surface area is 136 Å². The smallest absolute Gasteiger partial charge is 0.264 e. The molecule has 21 heavy (non-hydrogen) atoms. The van der Waals surface area contributed by atoms with Crippen LogP contribution in [-0.4, -0.2) is 61.4 Å². The minimum absolute atomic E-state index is 0.0517. The maximum Gasteiger partial charge on any atom is 0.264 e. The van der Waals surface area contributed by atoms with Gasteiger partial charge in [0, 0.05) is 33.2 Å². The third kappa shape index (κ3) is 3.14. The normalized spacial score (nSPS) is 24.2. The number of thiophene rings is 1. The predicted octanol–water partition coefficient (Wildman–Crippen LogP) is 1.26. The second-order valence-electron chi connectivity index (χ2n) is 5.74. The molecule has 7 heteroatoms. The van der Waals surface area contributed by atoms with E-state index in [-0.39, 0.29) is 18.4 Å². The summed E-state index contributed by atoms with van der Waals surface area (Å²) in [6, 6.07) is 3.63. The molecule has 0 bridgehead atoms. The van der Waals surface area contributed by atoms with Crippen molar-refractivity contribution in [1.82, 2.24) is 15.1 Å². The van der Waals surface area contributed by atoms with Gasteiger partial charge in [-0.1, -0.05) is 0 Å². The number of amides is 2. The highest BCUT2D eigenvalue weighted by Crippen LogP contribution is 2.26. The van der Waals surface area contributed by atoms with Crippen molar-refractivity contribution in [3.05, 3.63) is 20.8 Å². The largest absolute Gasteiger partial charge is 0.340 e. The molecular weight excluding hydrogens is 354 g/mol. The van der Waals surface area contributed by atoms with E-state index in [0.717, 1.165) is 30.0 Å². The zero-order chi connectivity index (χ0) is 15.0. The van der Waals surface area contributed by atoms with Gasteiger partial charge in [-0.05, 0) is 39.9 Å². The van der Waals surface area contributed by atoms with Crippen LogP contribution in [0.15, 0.2) is 15.9 Å². The highest BCUT2D eigenvalue weighted by molar-refractivity contribution is 9.11. The quantitative estimate of drug-likeness (QED) is 0.869. The van der Waals surface area contributed by atoms with Crippen molar-refractivity contribution in [2.24, 2.45) is 11.8 Å². The Bertz CT molecular complexity index is 550. The first-order valence-corrected chi connectivity index (χ1v) is 8.65. The van der Waals surface area contributed by atoms with Crippen molar-refractivity contribution in [2.75, 3.05) is 39.8 Å². The summed E-state index contributed by atoms with van der Waals surface area (Å²) < 4.78 is 0.922. The van der Waals surface area contributed by atoms with Gasteiger partial charge < -0.3 is 15.1 Å². The van der Waals surface area contributed by atoms with Crippen LogP contribution in [0.3, 0.4) is 0 Å². The Hall–Kier alpha value is -0.920. The molecule has 0 aromatic carbocycles. The highest BCUT2D eigenvalue weighted by Gasteiger charge is 2.38. The third-order valence-corrected chi connectivity index (χ3v) is 5.86. The zero-order valence-electron chi connectivity index (χ0n) is 11.8. The van der Waals surface area contributed by atoms with Crippen molar-refractivity contribution in [1.29, 1.82) is 0 Å².